The molecule has 0 aliphatic rings. The summed E-state index contributed by atoms with van der Waals surface area (Å²) in [5.41, 5.74) is 0.739. The summed E-state index contributed by atoms with van der Waals surface area (Å²) in [4.78, 5) is 8.52. The van der Waals surface area contributed by atoms with E-state index in [1.165, 1.54) is 0 Å². The van der Waals surface area contributed by atoms with E-state index in [0.717, 1.165) is 24.4 Å². The van der Waals surface area contributed by atoms with Crippen LogP contribution in [0, 0.1) is 0 Å². The molecule has 18 heavy (non-hydrogen) atoms. The molecule has 0 aliphatic heterocycles. The quantitative estimate of drug-likeness (QED) is 0.847. The number of hydrogen-bond acceptors (Lipinski definition) is 5. The van der Waals surface area contributed by atoms with Crippen molar-refractivity contribution in [2.24, 2.45) is 0 Å². The summed E-state index contributed by atoms with van der Waals surface area (Å²) in [5, 5.41) is 3.39. The highest BCUT2D eigenvalue weighted by Gasteiger charge is 2.22. The van der Waals surface area contributed by atoms with Crippen LogP contribution in [-0.4, -0.2) is 23.6 Å². The second-order valence-electron chi connectivity index (χ2n) is 3.85. The van der Waals surface area contributed by atoms with Gasteiger partial charge in [-0.3, -0.25) is 4.98 Å². The predicted molar refractivity (Wildman–Crippen MR) is 67.4 cm³/mol. The van der Waals surface area contributed by atoms with Gasteiger partial charge in [0.05, 0.1) is 13.4 Å². The van der Waals surface area contributed by atoms with E-state index in [1.54, 1.807) is 25.8 Å². The van der Waals surface area contributed by atoms with Gasteiger partial charge < -0.3 is 14.5 Å². The Labute approximate surface area is 106 Å². The SMILES string of the molecule is CCCNC(c1ccco1)c1nccnc1OC. The molecule has 5 nitrogen and oxygen atoms in total. The lowest BCUT2D eigenvalue weighted by Gasteiger charge is -2.17. The second-order valence-corrected chi connectivity index (χ2v) is 3.85. The first-order valence-corrected chi connectivity index (χ1v) is 5.98. The second kappa shape index (κ2) is 6.16. The molecule has 0 fully saturated rings. The zero-order chi connectivity index (χ0) is 12.8. The van der Waals surface area contributed by atoms with Crippen molar-refractivity contribution in [3.05, 3.63) is 42.2 Å². The fraction of sp³-hybridized carbons (Fsp3) is 0.385. The summed E-state index contributed by atoms with van der Waals surface area (Å²) < 4.78 is 10.7. The first-order valence-electron chi connectivity index (χ1n) is 5.98. The number of hydrogen-bond donors (Lipinski definition) is 1. The minimum absolute atomic E-state index is 0.136. The van der Waals surface area contributed by atoms with Crippen LogP contribution in [0.2, 0.25) is 0 Å². The van der Waals surface area contributed by atoms with Crippen molar-refractivity contribution in [3.63, 3.8) is 0 Å². The Bertz CT molecular complexity index is 471. The predicted octanol–water partition coefficient (Wildman–Crippen LogP) is 2.17. The summed E-state index contributed by atoms with van der Waals surface area (Å²) in [6, 6.07) is 3.64. The van der Waals surface area contributed by atoms with Gasteiger partial charge in [-0.05, 0) is 25.1 Å². The maximum Gasteiger partial charge on any atom is 0.237 e. The largest absolute Gasteiger partial charge is 0.480 e. The van der Waals surface area contributed by atoms with Crippen molar-refractivity contribution < 1.29 is 9.15 Å². The zero-order valence-electron chi connectivity index (χ0n) is 10.6. The maximum atomic E-state index is 5.46. The number of aromatic nitrogens is 2. The van der Waals surface area contributed by atoms with Crippen LogP contribution < -0.4 is 10.1 Å². The monoisotopic (exact) mass is 247 g/mol. The molecule has 0 amide bonds. The molecule has 2 heterocycles. The van der Waals surface area contributed by atoms with Gasteiger partial charge in [0.2, 0.25) is 5.88 Å². The first kappa shape index (κ1) is 12.6. The molecule has 1 unspecified atom stereocenters. The van der Waals surface area contributed by atoms with Crippen LogP contribution in [0.3, 0.4) is 0 Å². The summed E-state index contributed by atoms with van der Waals surface area (Å²) in [5.74, 6) is 1.32. The minimum Gasteiger partial charge on any atom is -0.480 e. The first-order chi connectivity index (χ1) is 8.86. The average molecular weight is 247 g/mol. The van der Waals surface area contributed by atoms with E-state index in [9.17, 15) is 0 Å². The van der Waals surface area contributed by atoms with Crippen LogP contribution in [-0.2, 0) is 0 Å². The summed E-state index contributed by atoms with van der Waals surface area (Å²) >= 11 is 0. The lowest BCUT2D eigenvalue weighted by atomic mass is 10.1. The standard InChI is InChI=1S/C13H17N3O2/c1-3-6-14-11(10-5-4-9-18-10)12-13(17-2)16-8-7-15-12/h4-5,7-9,11,14H,3,6H2,1-2H3. The smallest absolute Gasteiger partial charge is 0.237 e. The number of rotatable bonds is 6. The minimum atomic E-state index is -0.136. The van der Waals surface area contributed by atoms with E-state index in [0.29, 0.717) is 5.88 Å². The third-order valence-electron chi connectivity index (χ3n) is 2.58. The Morgan fingerprint density at radius 2 is 2.22 bits per heavy atom. The highest BCUT2D eigenvalue weighted by Crippen LogP contribution is 2.26. The Kier molecular flexibility index (Phi) is 4.30. The molecule has 2 aromatic heterocycles. The van der Waals surface area contributed by atoms with Gasteiger partial charge in [-0.15, -0.1) is 0 Å². The van der Waals surface area contributed by atoms with Crippen LogP contribution in [0.1, 0.15) is 30.8 Å². The van der Waals surface area contributed by atoms with Crippen LogP contribution in [0.25, 0.3) is 0 Å². The van der Waals surface area contributed by atoms with Crippen molar-refractivity contribution >= 4 is 0 Å². The molecule has 2 rings (SSSR count). The van der Waals surface area contributed by atoms with Gasteiger partial charge in [0, 0.05) is 12.4 Å². The normalized spacial score (nSPS) is 12.3. The number of furan rings is 1. The number of ether oxygens (including phenoxy) is 1. The van der Waals surface area contributed by atoms with E-state index in [4.69, 9.17) is 9.15 Å². The molecular weight excluding hydrogens is 230 g/mol. The van der Waals surface area contributed by atoms with Gasteiger partial charge in [0.1, 0.15) is 17.5 Å². The van der Waals surface area contributed by atoms with Crippen LogP contribution in [0.15, 0.2) is 35.2 Å². The van der Waals surface area contributed by atoms with Gasteiger partial charge in [0.15, 0.2) is 0 Å². The molecule has 0 bridgehead atoms. The third-order valence-corrected chi connectivity index (χ3v) is 2.58. The number of nitrogens with zero attached hydrogens (tertiary/aromatic N) is 2. The van der Waals surface area contributed by atoms with Crippen molar-refractivity contribution in [1.29, 1.82) is 0 Å². The topological polar surface area (TPSA) is 60.2 Å². The Morgan fingerprint density at radius 3 is 2.89 bits per heavy atom. The average Bonchev–Trinajstić information content (AvgIpc) is 2.94. The highest BCUT2D eigenvalue weighted by atomic mass is 16.5. The van der Waals surface area contributed by atoms with Gasteiger partial charge in [-0.25, -0.2) is 4.98 Å². The van der Waals surface area contributed by atoms with Gasteiger partial charge in [-0.2, -0.15) is 0 Å². The Morgan fingerprint density at radius 1 is 1.39 bits per heavy atom. The molecule has 0 spiro atoms. The summed E-state index contributed by atoms with van der Waals surface area (Å²) in [6.07, 6.45) is 5.95. The lowest BCUT2D eigenvalue weighted by molar-refractivity contribution is 0.372. The molecule has 0 saturated carbocycles. The summed E-state index contributed by atoms with van der Waals surface area (Å²) in [7, 11) is 1.59. The molecule has 0 radical (unpaired) electrons. The van der Waals surface area contributed by atoms with Crippen LogP contribution in [0.5, 0.6) is 5.88 Å². The van der Waals surface area contributed by atoms with E-state index in [2.05, 4.69) is 22.2 Å². The molecule has 0 aliphatic carbocycles. The maximum absolute atomic E-state index is 5.46. The Balaban J connectivity index is 2.33. The third kappa shape index (κ3) is 2.68. The fourth-order valence-electron chi connectivity index (χ4n) is 1.77. The molecule has 1 atom stereocenters. The van der Waals surface area contributed by atoms with Crippen molar-refractivity contribution in [2.45, 2.75) is 19.4 Å². The molecule has 0 saturated heterocycles. The van der Waals surface area contributed by atoms with Crippen LogP contribution in [0.4, 0.5) is 0 Å². The van der Waals surface area contributed by atoms with E-state index in [1.807, 2.05) is 12.1 Å². The van der Waals surface area contributed by atoms with E-state index < -0.39 is 0 Å². The molecule has 96 valence electrons. The van der Waals surface area contributed by atoms with Crippen molar-refractivity contribution in [2.75, 3.05) is 13.7 Å². The Hall–Kier alpha value is -1.88. The number of methoxy groups -OCH3 is 1. The zero-order valence-corrected chi connectivity index (χ0v) is 10.6. The van der Waals surface area contributed by atoms with Gasteiger partial charge >= 0.3 is 0 Å². The molecule has 0 aromatic carbocycles. The molecular formula is C13H17N3O2. The van der Waals surface area contributed by atoms with Crippen LogP contribution >= 0.6 is 0 Å². The molecule has 2 aromatic rings. The van der Waals surface area contributed by atoms with Crippen molar-refractivity contribution in [3.8, 4) is 5.88 Å². The summed E-state index contributed by atoms with van der Waals surface area (Å²) in [6.45, 7) is 2.98. The molecule has 5 heteroatoms. The van der Waals surface area contributed by atoms with E-state index >= 15 is 0 Å². The fourth-order valence-corrected chi connectivity index (χ4v) is 1.77. The van der Waals surface area contributed by atoms with E-state index in [-0.39, 0.29) is 6.04 Å². The molecule has 1 N–H and O–H groups in total. The lowest BCUT2D eigenvalue weighted by Crippen LogP contribution is -2.24. The van der Waals surface area contributed by atoms with Crippen molar-refractivity contribution in [1.82, 2.24) is 15.3 Å². The van der Waals surface area contributed by atoms with Gasteiger partial charge in [-0.1, -0.05) is 6.92 Å². The highest BCUT2D eigenvalue weighted by molar-refractivity contribution is 5.27. The number of nitrogens with one attached hydrogen (secondary N) is 1. The van der Waals surface area contributed by atoms with Gasteiger partial charge in [0.25, 0.3) is 0 Å².